The molecule has 1 fully saturated rings. The van der Waals surface area contributed by atoms with Crippen LogP contribution in [0, 0.1) is 11.3 Å². The van der Waals surface area contributed by atoms with E-state index in [9.17, 15) is 0 Å². The summed E-state index contributed by atoms with van der Waals surface area (Å²) in [6, 6.07) is 2.20. The zero-order valence-corrected chi connectivity index (χ0v) is 6.18. The second kappa shape index (κ2) is 3.00. The number of nitrogens with one attached hydrogen (secondary N) is 1. The standard InChI is InChI=1S/C7H12N2O/c1-10-7(6-8)2-4-9-5-3-7/h9H,2-5H2,1H3. The Balaban J connectivity index is 2.55. The van der Waals surface area contributed by atoms with Crippen LogP contribution in [0.5, 0.6) is 0 Å². The number of rotatable bonds is 1. The summed E-state index contributed by atoms with van der Waals surface area (Å²) < 4.78 is 5.13. The van der Waals surface area contributed by atoms with E-state index in [0.717, 1.165) is 25.9 Å². The molecule has 0 radical (unpaired) electrons. The largest absolute Gasteiger partial charge is 0.363 e. The quantitative estimate of drug-likeness (QED) is 0.569. The van der Waals surface area contributed by atoms with Crippen molar-refractivity contribution in [1.29, 1.82) is 5.26 Å². The van der Waals surface area contributed by atoms with Crippen molar-refractivity contribution in [3.05, 3.63) is 0 Å². The summed E-state index contributed by atoms with van der Waals surface area (Å²) in [6.07, 6.45) is 1.61. The maximum absolute atomic E-state index is 8.74. The first kappa shape index (κ1) is 7.52. The van der Waals surface area contributed by atoms with Gasteiger partial charge in [-0.05, 0) is 13.1 Å². The Kier molecular flexibility index (Phi) is 2.25. The van der Waals surface area contributed by atoms with Gasteiger partial charge in [-0.1, -0.05) is 0 Å². The molecule has 0 saturated carbocycles. The molecular weight excluding hydrogens is 128 g/mol. The highest BCUT2D eigenvalue weighted by molar-refractivity contribution is 5.04. The van der Waals surface area contributed by atoms with Crippen molar-refractivity contribution in [2.75, 3.05) is 20.2 Å². The van der Waals surface area contributed by atoms with Crippen LogP contribution in [0.3, 0.4) is 0 Å². The van der Waals surface area contributed by atoms with Crippen molar-refractivity contribution < 1.29 is 4.74 Å². The van der Waals surface area contributed by atoms with Crippen molar-refractivity contribution in [2.24, 2.45) is 0 Å². The summed E-state index contributed by atoms with van der Waals surface area (Å²) in [7, 11) is 1.61. The first-order valence-electron chi connectivity index (χ1n) is 3.50. The zero-order valence-electron chi connectivity index (χ0n) is 6.18. The van der Waals surface area contributed by atoms with Gasteiger partial charge in [0.05, 0.1) is 6.07 Å². The van der Waals surface area contributed by atoms with E-state index in [0.29, 0.717) is 0 Å². The number of nitrogens with zero attached hydrogens (tertiary/aromatic N) is 1. The molecule has 1 rings (SSSR count). The molecule has 1 heterocycles. The Hall–Kier alpha value is -0.590. The maximum Gasteiger partial charge on any atom is 0.156 e. The van der Waals surface area contributed by atoms with E-state index in [1.54, 1.807) is 7.11 Å². The lowest BCUT2D eigenvalue weighted by Crippen LogP contribution is -2.42. The van der Waals surface area contributed by atoms with Gasteiger partial charge in [0.25, 0.3) is 0 Å². The summed E-state index contributed by atoms with van der Waals surface area (Å²) in [6.45, 7) is 1.78. The third-order valence-electron chi connectivity index (χ3n) is 2.01. The fourth-order valence-corrected chi connectivity index (χ4v) is 1.19. The molecule has 0 aromatic carbocycles. The average molecular weight is 140 g/mol. The molecular formula is C7H12N2O. The van der Waals surface area contributed by atoms with Crippen LogP contribution in [0.15, 0.2) is 0 Å². The molecule has 0 aromatic heterocycles. The number of hydrogen-bond acceptors (Lipinski definition) is 3. The Morgan fingerprint density at radius 2 is 2.10 bits per heavy atom. The van der Waals surface area contributed by atoms with Crippen molar-refractivity contribution in [1.82, 2.24) is 5.32 Å². The van der Waals surface area contributed by atoms with Crippen molar-refractivity contribution in [3.8, 4) is 6.07 Å². The highest BCUT2D eigenvalue weighted by Gasteiger charge is 2.31. The van der Waals surface area contributed by atoms with E-state index in [1.807, 2.05) is 0 Å². The minimum atomic E-state index is -0.495. The molecule has 1 aliphatic rings. The first-order valence-corrected chi connectivity index (χ1v) is 3.50. The average Bonchev–Trinajstić information content (AvgIpc) is 2.06. The summed E-state index contributed by atoms with van der Waals surface area (Å²) in [5.74, 6) is 0. The fraction of sp³-hybridized carbons (Fsp3) is 0.857. The lowest BCUT2D eigenvalue weighted by atomic mass is 9.94. The van der Waals surface area contributed by atoms with Gasteiger partial charge in [0.1, 0.15) is 0 Å². The Morgan fingerprint density at radius 3 is 2.40 bits per heavy atom. The highest BCUT2D eigenvalue weighted by Crippen LogP contribution is 2.20. The Labute approximate surface area is 61.0 Å². The molecule has 1 saturated heterocycles. The predicted octanol–water partition coefficient (Wildman–Crippen LogP) is 0.279. The van der Waals surface area contributed by atoms with Crippen LogP contribution in [0.4, 0.5) is 0 Å². The number of hydrogen-bond donors (Lipinski definition) is 1. The predicted molar refractivity (Wildman–Crippen MR) is 37.5 cm³/mol. The zero-order chi connectivity index (χ0) is 7.45. The van der Waals surface area contributed by atoms with Gasteiger partial charge in [0.15, 0.2) is 5.60 Å². The van der Waals surface area contributed by atoms with Crippen LogP contribution in [0.1, 0.15) is 12.8 Å². The number of ether oxygens (including phenoxy) is 1. The molecule has 3 heteroatoms. The molecule has 1 N–H and O–H groups in total. The molecule has 0 aliphatic carbocycles. The van der Waals surface area contributed by atoms with E-state index in [4.69, 9.17) is 10.00 Å². The lowest BCUT2D eigenvalue weighted by molar-refractivity contribution is 0.0141. The maximum atomic E-state index is 8.74. The van der Waals surface area contributed by atoms with Gasteiger partial charge in [-0.25, -0.2) is 0 Å². The van der Waals surface area contributed by atoms with Gasteiger partial charge in [0, 0.05) is 20.0 Å². The van der Waals surface area contributed by atoms with E-state index < -0.39 is 5.60 Å². The Morgan fingerprint density at radius 1 is 1.50 bits per heavy atom. The van der Waals surface area contributed by atoms with Crippen LogP contribution in [-0.2, 0) is 4.74 Å². The highest BCUT2D eigenvalue weighted by atomic mass is 16.5. The summed E-state index contributed by atoms with van der Waals surface area (Å²) in [5.41, 5.74) is -0.495. The summed E-state index contributed by atoms with van der Waals surface area (Å²) in [5, 5.41) is 11.9. The molecule has 0 aromatic rings. The van der Waals surface area contributed by atoms with E-state index >= 15 is 0 Å². The van der Waals surface area contributed by atoms with E-state index in [1.165, 1.54) is 0 Å². The van der Waals surface area contributed by atoms with Gasteiger partial charge in [-0.15, -0.1) is 0 Å². The summed E-state index contributed by atoms with van der Waals surface area (Å²) in [4.78, 5) is 0. The van der Waals surface area contributed by atoms with Crippen molar-refractivity contribution >= 4 is 0 Å². The SMILES string of the molecule is COC1(C#N)CCNCC1. The van der Waals surface area contributed by atoms with Gasteiger partial charge in [-0.2, -0.15) is 5.26 Å². The van der Waals surface area contributed by atoms with Gasteiger partial charge < -0.3 is 10.1 Å². The van der Waals surface area contributed by atoms with Crippen molar-refractivity contribution in [3.63, 3.8) is 0 Å². The van der Waals surface area contributed by atoms with Gasteiger partial charge in [-0.3, -0.25) is 0 Å². The second-order valence-electron chi connectivity index (χ2n) is 2.56. The smallest absolute Gasteiger partial charge is 0.156 e. The second-order valence-corrected chi connectivity index (χ2v) is 2.56. The minimum absolute atomic E-state index is 0.495. The van der Waals surface area contributed by atoms with E-state index in [2.05, 4.69) is 11.4 Å². The molecule has 1 aliphatic heterocycles. The summed E-state index contributed by atoms with van der Waals surface area (Å²) >= 11 is 0. The van der Waals surface area contributed by atoms with Gasteiger partial charge in [0.2, 0.25) is 0 Å². The van der Waals surface area contributed by atoms with Crippen LogP contribution >= 0.6 is 0 Å². The number of methoxy groups -OCH3 is 1. The van der Waals surface area contributed by atoms with Crippen LogP contribution in [0.25, 0.3) is 0 Å². The number of nitriles is 1. The van der Waals surface area contributed by atoms with Gasteiger partial charge >= 0.3 is 0 Å². The minimum Gasteiger partial charge on any atom is -0.363 e. The lowest BCUT2D eigenvalue weighted by Gasteiger charge is -2.29. The Bertz CT molecular complexity index is 144. The third kappa shape index (κ3) is 1.28. The molecule has 56 valence electrons. The van der Waals surface area contributed by atoms with Crippen LogP contribution in [0.2, 0.25) is 0 Å². The monoisotopic (exact) mass is 140 g/mol. The third-order valence-corrected chi connectivity index (χ3v) is 2.01. The number of piperidine rings is 1. The molecule has 10 heavy (non-hydrogen) atoms. The van der Waals surface area contributed by atoms with Crippen LogP contribution < -0.4 is 5.32 Å². The molecule has 0 spiro atoms. The first-order chi connectivity index (χ1) is 4.83. The molecule has 0 unspecified atom stereocenters. The molecule has 0 bridgehead atoms. The molecule has 0 amide bonds. The normalized spacial score (nSPS) is 23.6. The van der Waals surface area contributed by atoms with E-state index in [-0.39, 0.29) is 0 Å². The molecule has 0 atom stereocenters. The molecule has 3 nitrogen and oxygen atoms in total. The topological polar surface area (TPSA) is 45.0 Å². The van der Waals surface area contributed by atoms with Crippen LogP contribution in [-0.4, -0.2) is 25.8 Å². The fourth-order valence-electron chi connectivity index (χ4n) is 1.19. The van der Waals surface area contributed by atoms with Crippen molar-refractivity contribution in [2.45, 2.75) is 18.4 Å².